The number of amides is 2. The van der Waals surface area contributed by atoms with Gasteiger partial charge in [-0.15, -0.1) is 11.8 Å². The molecule has 8 heteroatoms. The van der Waals surface area contributed by atoms with Crippen molar-refractivity contribution in [3.63, 3.8) is 0 Å². The molecule has 0 aliphatic rings. The molecule has 29 heavy (non-hydrogen) atoms. The predicted molar refractivity (Wildman–Crippen MR) is 109 cm³/mol. The van der Waals surface area contributed by atoms with Gasteiger partial charge in [0.25, 0.3) is 0 Å². The van der Waals surface area contributed by atoms with Crippen LogP contribution in [0.5, 0.6) is 0 Å². The summed E-state index contributed by atoms with van der Waals surface area (Å²) in [6.07, 6.45) is -4.56. The van der Waals surface area contributed by atoms with Crippen LogP contribution in [-0.2, 0) is 15.8 Å². The maximum Gasteiger partial charge on any atom is 0.416 e. The van der Waals surface area contributed by atoms with Crippen molar-refractivity contribution in [1.82, 2.24) is 0 Å². The first-order valence-electron chi connectivity index (χ1n) is 8.62. The fourth-order valence-electron chi connectivity index (χ4n) is 2.72. The third kappa shape index (κ3) is 5.51. The van der Waals surface area contributed by atoms with Gasteiger partial charge in [-0.25, -0.2) is 0 Å². The first-order chi connectivity index (χ1) is 13.7. The van der Waals surface area contributed by atoms with Crippen molar-refractivity contribution in [1.29, 1.82) is 0 Å². The van der Waals surface area contributed by atoms with E-state index in [1.165, 1.54) is 18.7 Å². The van der Waals surface area contributed by atoms with Crippen molar-refractivity contribution >= 4 is 45.7 Å². The molecule has 150 valence electrons. The highest BCUT2D eigenvalue weighted by Crippen LogP contribution is 2.34. The van der Waals surface area contributed by atoms with Crippen LogP contribution in [0.4, 0.5) is 24.5 Å². The van der Waals surface area contributed by atoms with Gasteiger partial charge >= 0.3 is 6.18 Å². The number of halogens is 3. The summed E-state index contributed by atoms with van der Waals surface area (Å²) in [6, 6.07) is 16.3. The molecule has 0 saturated carbocycles. The molecule has 0 atom stereocenters. The molecule has 0 bridgehead atoms. The zero-order valence-electron chi connectivity index (χ0n) is 15.3. The average molecular weight is 418 g/mol. The monoisotopic (exact) mass is 418 g/mol. The van der Waals surface area contributed by atoms with Gasteiger partial charge in [0, 0.05) is 11.8 Å². The van der Waals surface area contributed by atoms with Gasteiger partial charge in [-0.05, 0) is 41.1 Å². The number of benzene rings is 3. The maximum atomic E-state index is 13.0. The number of nitrogens with one attached hydrogen (secondary N) is 2. The number of carbonyl (C=O) groups excluding carboxylic acids is 2. The molecule has 3 aromatic rings. The third-order valence-corrected chi connectivity index (χ3v) is 5.02. The van der Waals surface area contributed by atoms with Crippen LogP contribution >= 0.6 is 11.8 Å². The minimum atomic E-state index is -4.56. The van der Waals surface area contributed by atoms with E-state index in [0.29, 0.717) is 0 Å². The summed E-state index contributed by atoms with van der Waals surface area (Å²) in [5.41, 5.74) is -0.905. The Labute approximate surface area is 169 Å². The van der Waals surface area contributed by atoms with Crippen LogP contribution < -0.4 is 10.6 Å². The Bertz CT molecular complexity index is 1070. The standard InChI is InChI=1S/C21H17F3N2O2S/c1-13(27)25-18-9-7-16(21(22,23)24)11-19(18)26-20(28)12-29-17-8-6-14-4-2-3-5-15(14)10-17/h2-11H,12H2,1H3,(H,25,27)(H,26,28). The second-order valence-corrected chi connectivity index (χ2v) is 7.33. The van der Waals surface area contributed by atoms with Crippen LogP contribution in [0.25, 0.3) is 10.8 Å². The van der Waals surface area contributed by atoms with Crippen molar-refractivity contribution in [3.05, 3.63) is 66.2 Å². The van der Waals surface area contributed by atoms with E-state index in [4.69, 9.17) is 0 Å². The summed E-state index contributed by atoms with van der Waals surface area (Å²) in [6.45, 7) is 1.23. The predicted octanol–water partition coefficient (Wildman–Crippen LogP) is 5.55. The molecule has 0 aliphatic carbocycles. The van der Waals surface area contributed by atoms with Crippen molar-refractivity contribution in [2.45, 2.75) is 18.0 Å². The average Bonchev–Trinajstić information content (AvgIpc) is 2.66. The van der Waals surface area contributed by atoms with Crippen molar-refractivity contribution in [3.8, 4) is 0 Å². The van der Waals surface area contributed by atoms with E-state index in [9.17, 15) is 22.8 Å². The summed E-state index contributed by atoms with van der Waals surface area (Å²) in [7, 11) is 0. The lowest BCUT2D eigenvalue weighted by atomic mass is 10.1. The lowest BCUT2D eigenvalue weighted by Crippen LogP contribution is -2.18. The van der Waals surface area contributed by atoms with E-state index >= 15 is 0 Å². The molecule has 2 amide bonds. The van der Waals surface area contributed by atoms with E-state index in [0.717, 1.165) is 33.9 Å². The van der Waals surface area contributed by atoms with Crippen LogP contribution in [0.3, 0.4) is 0 Å². The smallest absolute Gasteiger partial charge is 0.325 e. The van der Waals surface area contributed by atoms with Crippen molar-refractivity contribution in [2.24, 2.45) is 0 Å². The lowest BCUT2D eigenvalue weighted by Gasteiger charge is -2.15. The number of thioether (sulfide) groups is 1. The quantitative estimate of drug-likeness (QED) is 0.535. The fraction of sp³-hybridized carbons (Fsp3) is 0.143. The van der Waals surface area contributed by atoms with E-state index in [1.54, 1.807) is 0 Å². The number of rotatable bonds is 5. The molecule has 0 spiro atoms. The van der Waals surface area contributed by atoms with Crippen LogP contribution in [0, 0.1) is 0 Å². The summed E-state index contributed by atoms with van der Waals surface area (Å²) >= 11 is 1.27. The number of carbonyl (C=O) groups is 2. The molecule has 4 nitrogen and oxygen atoms in total. The van der Waals surface area contributed by atoms with Crippen molar-refractivity contribution < 1.29 is 22.8 Å². The highest BCUT2D eigenvalue weighted by molar-refractivity contribution is 8.00. The summed E-state index contributed by atoms with van der Waals surface area (Å²) < 4.78 is 39.0. The molecule has 0 unspecified atom stereocenters. The van der Waals surface area contributed by atoms with Gasteiger partial charge in [0.2, 0.25) is 11.8 Å². The molecule has 0 heterocycles. The van der Waals surface area contributed by atoms with E-state index < -0.39 is 23.6 Å². The Hall–Kier alpha value is -3.00. The SMILES string of the molecule is CC(=O)Nc1ccc(C(F)(F)F)cc1NC(=O)CSc1ccc2ccccc2c1. The highest BCUT2D eigenvalue weighted by Gasteiger charge is 2.31. The van der Waals surface area contributed by atoms with Crippen molar-refractivity contribution in [2.75, 3.05) is 16.4 Å². The molecule has 3 rings (SSSR count). The topological polar surface area (TPSA) is 58.2 Å². The maximum absolute atomic E-state index is 13.0. The number of alkyl halides is 3. The highest BCUT2D eigenvalue weighted by atomic mass is 32.2. The number of hydrogen-bond acceptors (Lipinski definition) is 3. The fourth-order valence-corrected chi connectivity index (χ4v) is 3.46. The molecule has 3 aromatic carbocycles. The minimum Gasteiger partial charge on any atom is -0.325 e. The molecular formula is C21H17F3N2O2S. The molecule has 0 aliphatic heterocycles. The van der Waals surface area contributed by atoms with Gasteiger partial charge in [0.1, 0.15) is 0 Å². The molecule has 0 radical (unpaired) electrons. The van der Waals surface area contributed by atoms with E-state index in [1.807, 2.05) is 42.5 Å². The van der Waals surface area contributed by atoms with Crippen LogP contribution in [0.15, 0.2) is 65.6 Å². The summed E-state index contributed by atoms with van der Waals surface area (Å²) in [5.74, 6) is -0.923. The lowest BCUT2D eigenvalue weighted by molar-refractivity contribution is -0.137. The molecular weight excluding hydrogens is 401 g/mol. The van der Waals surface area contributed by atoms with Crippen LogP contribution in [0.1, 0.15) is 12.5 Å². The summed E-state index contributed by atoms with van der Waals surface area (Å²) in [5, 5.41) is 6.99. The van der Waals surface area contributed by atoms with E-state index in [2.05, 4.69) is 10.6 Å². The van der Waals surface area contributed by atoms with Gasteiger partial charge < -0.3 is 10.6 Å². The van der Waals surface area contributed by atoms with Gasteiger partial charge in [-0.2, -0.15) is 13.2 Å². The Kier molecular flexibility index (Phi) is 6.12. The molecule has 0 saturated heterocycles. The minimum absolute atomic E-state index is 0.00803. The second-order valence-electron chi connectivity index (χ2n) is 6.29. The normalized spacial score (nSPS) is 11.3. The number of anilines is 2. The number of hydrogen-bond donors (Lipinski definition) is 2. The van der Waals surface area contributed by atoms with Gasteiger partial charge in [-0.3, -0.25) is 9.59 Å². The molecule has 2 N–H and O–H groups in total. The van der Waals surface area contributed by atoms with Gasteiger partial charge in [0.05, 0.1) is 22.7 Å². The zero-order chi connectivity index (χ0) is 21.0. The zero-order valence-corrected chi connectivity index (χ0v) is 16.2. The first-order valence-corrected chi connectivity index (χ1v) is 9.61. The Morgan fingerprint density at radius 1 is 0.897 bits per heavy atom. The van der Waals surface area contributed by atoms with Crippen LogP contribution in [-0.4, -0.2) is 17.6 Å². The van der Waals surface area contributed by atoms with Crippen LogP contribution in [0.2, 0.25) is 0 Å². The molecule has 0 aromatic heterocycles. The number of fused-ring (bicyclic) bond motifs is 1. The molecule has 0 fully saturated rings. The van der Waals surface area contributed by atoms with E-state index in [-0.39, 0.29) is 17.1 Å². The summed E-state index contributed by atoms with van der Waals surface area (Å²) in [4.78, 5) is 24.5. The largest absolute Gasteiger partial charge is 0.416 e. The second kappa shape index (κ2) is 8.57. The van der Waals surface area contributed by atoms with Gasteiger partial charge in [0.15, 0.2) is 0 Å². The Balaban J connectivity index is 1.73. The Morgan fingerprint density at radius 3 is 2.31 bits per heavy atom. The first kappa shape index (κ1) is 20.7. The Morgan fingerprint density at radius 2 is 1.62 bits per heavy atom. The third-order valence-electron chi connectivity index (χ3n) is 4.02. The van der Waals surface area contributed by atoms with Gasteiger partial charge in [-0.1, -0.05) is 30.3 Å².